The van der Waals surface area contributed by atoms with Crippen LogP contribution in [0.2, 0.25) is 0 Å². The molecule has 4 rings (SSSR count). The number of carbonyl (C=O) groups is 1. The van der Waals surface area contributed by atoms with E-state index in [0.717, 1.165) is 76.0 Å². The molecule has 2 fully saturated rings. The molecule has 6 heteroatoms. The van der Waals surface area contributed by atoms with Crippen molar-refractivity contribution in [1.82, 2.24) is 20.0 Å². The van der Waals surface area contributed by atoms with Crippen LogP contribution < -0.4 is 10.9 Å². The van der Waals surface area contributed by atoms with E-state index >= 15 is 0 Å². The Labute approximate surface area is 148 Å². The van der Waals surface area contributed by atoms with E-state index in [4.69, 9.17) is 0 Å². The van der Waals surface area contributed by atoms with Crippen molar-refractivity contribution in [3.8, 4) is 0 Å². The molecule has 25 heavy (non-hydrogen) atoms. The average molecular weight is 344 g/mol. The maximum atomic E-state index is 12.4. The highest BCUT2D eigenvalue weighted by Crippen LogP contribution is 2.23. The predicted molar refractivity (Wildman–Crippen MR) is 95.5 cm³/mol. The van der Waals surface area contributed by atoms with E-state index in [2.05, 4.69) is 15.3 Å². The molecule has 1 atom stereocenters. The zero-order valence-electron chi connectivity index (χ0n) is 14.9. The lowest BCUT2D eigenvalue weighted by atomic mass is 9.93. The summed E-state index contributed by atoms with van der Waals surface area (Å²) in [5.74, 6) is 0.673. The topological polar surface area (TPSA) is 67.2 Å². The Balaban J connectivity index is 1.37. The number of carbonyl (C=O) groups excluding carboxylic acids is 1. The third-order valence-corrected chi connectivity index (χ3v) is 6.05. The summed E-state index contributed by atoms with van der Waals surface area (Å²) >= 11 is 0. The van der Waals surface area contributed by atoms with Crippen molar-refractivity contribution in [3.63, 3.8) is 0 Å². The third kappa shape index (κ3) is 3.64. The van der Waals surface area contributed by atoms with Gasteiger partial charge < -0.3 is 5.32 Å². The van der Waals surface area contributed by atoms with E-state index in [-0.39, 0.29) is 17.5 Å². The number of likely N-dealkylation sites (tertiary alicyclic amines) is 1. The number of nitrogens with one attached hydrogen (secondary N) is 1. The lowest BCUT2D eigenvalue weighted by molar-refractivity contribution is -0.128. The maximum absolute atomic E-state index is 12.4. The summed E-state index contributed by atoms with van der Waals surface area (Å²) in [6.07, 6.45) is 8.48. The molecule has 0 radical (unpaired) electrons. The van der Waals surface area contributed by atoms with Crippen molar-refractivity contribution >= 4 is 5.91 Å². The fourth-order valence-electron chi connectivity index (χ4n) is 4.53. The van der Waals surface area contributed by atoms with E-state index in [1.807, 2.05) is 6.07 Å². The van der Waals surface area contributed by atoms with Gasteiger partial charge in [-0.2, -0.15) is 5.10 Å². The standard InChI is InChI=1S/C19H28N4O2/c24-18-12-15-4-1-2-5-16(15)21-23(18)13-14-7-10-22(11-8-14)17-6-3-9-20-19(17)25/h12,14,17H,1-11,13H2,(H,20,25). The van der Waals surface area contributed by atoms with Gasteiger partial charge in [0.25, 0.3) is 5.56 Å². The van der Waals surface area contributed by atoms with Crippen molar-refractivity contribution in [2.45, 2.75) is 64.0 Å². The van der Waals surface area contributed by atoms with E-state index in [1.165, 1.54) is 12.8 Å². The minimum atomic E-state index is 0.0507. The Morgan fingerprint density at radius 2 is 1.88 bits per heavy atom. The molecule has 2 saturated heterocycles. The summed E-state index contributed by atoms with van der Waals surface area (Å²) in [5, 5.41) is 7.64. The molecule has 1 N–H and O–H groups in total. The van der Waals surface area contributed by atoms with Crippen LogP contribution in [0.5, 0.6) is 0 Å². The maximum Gasteiger partial charge on any atom is 0.267 e. The highest BCUT2D eigenvalue weighted by atomic mass is 16.2. The van der Waals surface area contributed by atoms with E-state index in [1.54, 1.807) is 4.68 Å². The second-order valence-electron chi connectivity index (χ2n) is 7.77. The Kier molecular flexibility index (Phi) is 4.88. The van der Waals surface area contributed by atoms with Crippen molar-refractivity contribution in [3.05, 3.63) is 27.7 Å². The Morgan fingerprint density at radius 1 is 1.08 bits per heavy atom. The van der Waals surface area contributed by atoms with E-state index < -0.39 is 0 Å². The molecule has 1 aromatic heterocycles. The van der Waals surface area contributed by atoms with Gasteiger partial charge in [0, 0.05) is 19.2 Å². The van der Waals surface area contributed by atoms with Gasteiger partial charge in [-0.25, -0.2) is 4.68 Å². The van der Waals surface area contributed by atoms with Gasteiger partial charge in [-0.1, -0.05) is 0 Å². The van der Waals surface area contributed by atoms with Crippen LogP contribution in [0.4, 0.5) is 0 Å². The molecule has 6 nitrogen and oxygen atoms in total. The molecule has 3 aliphatic rings. The summed E-state index contributed by atoms with van der Waals surface area (Å²) in [6, 6.07) is 1.86. The summed E-state index contributed by atoms with van der Waals surface area (Å²) in [7, 11) is 0. The molecular formula is C19H28N4O2. The fourth-order valence-corrected chi connectivity index (χ4v) is 4.53. The van der Waals surface area contributed by atoms with Gasteiger partial charge in [0.1, 0.15) is 0 Å². The second-order valence-corrected chi connectivity index (χ2v) is 7.77. The Bertz CT molecular complexity index is 691. The van der Waals surface area contributed by atoms with Crippen LogP contribution in [-0.4, -0.2) is 46.3 Å². The molecule has 2 aliphatic heterocycles. The van der Waals surface area contributed by atoms with E-state index in [9.17, 15) is 9.59 Å². The smallest absolute Gasteiger partial charge is 0.267 e. The number of rotatable bonds is 3. The van der Waals surface area contributed by atoms with Gasteiger partial charge in [0.15, 0.2) is 0 Å². The largest absolute Gasteiger partial charge is 0.355 e. The number of fused-ring (bicyclic) bond motifs is 1. The molecule has 1 amide bonds. The zero-order valence-corrected chi connectivity index (χ0v) is 14.9. The van der Waals surface area contributed by atoms with Crippen LogP contribution in [0.1, 0.15) is 49.8 Å². The van der Waals surface area contributed by atoms with Gasteiger partial charge in [0.2, 0.25) is 5.91 Å². The minimum absolute atomic E-state index is 0.0507. The summed E-state index contributed by atoms with van der Waals surface area (Å²) in [4.78, 5) is 26.7. The van der Waals surface area contributed by atoms with Crippen LogP contribution >= 0.6 is 0 Å². The van der Waals surface area contributed by atoms with E-state index in [0.29, 0.717) is 5.92 Å². The second kappa shape index (κ2) is 7.28. The quantitative estimate of drug-likeness (QED) is 0.892. The summed E-state index contributed by atoms with van der Waals surface area (Å²) in [5.41, 5.74) is 2.34. The molecule has 1 unspecified atom stereocenters. The summed E-state index contributed by atoms with van der Waals surface area (Å²) in [6.45, 7) is 3.43. The number of piperidine rings is 2. The number of nitrogens with zero attached hydrogens (tertiary/aromatic N) is 3. The van der Waals surface area contributed by atoms with Gasteiger partial charge in [-0.3, -0.25) is 14.5 Å². The number of aryl methyl sites for hydroxylation is 2. The molecule has 3 heterocycles. The average Bonchev–Trinajstić information content (AvgIpc) is 2.63. The van der Waals surface area contributed by atoms with Crippen LogP contribution in [0.25, 0.3) is 0 Å². The third-order valence-electron chi connectivity index (χ3n) is 6.05. The fraction of sp³-hybridized carbons (Fsp3) is 0.737. The zero-order chi connectivity index (χ0) is 17.2. The molecule has 0 bridgehead atoms. The highest BCUT2D eigenvalue weighted by Gasteiger charge is 2.31. The molecule has 136 valence electrons. The van der Waals surface area contributed by atoms with Crippen molar-refractivity contribution in [2.75, 3.05) is 19.6 Å². The SMILES string of the molecule is O=C1NCCCC1N1CCC(Cn2nc3c(cc2=O)CCCC3)CC1. The van der Waals surface area contributed by atoms with Crippen LogP contribution in [0.15, 0.2) is 10.9 Å². The number of amides is 1. The highest BCUT2D eigenvalue weighted by molar-refractivity contribution is 5.82. The molecule has 0 spiro atoms. The van der Waals surface area contributed by atoms with Crippen molar-refractivity contribution < 1.29 is 4.79 Å². The molecule has 1 aromatic rings. The molecular weight excluding hydrogens is 316 g/mol. The Morgan fingerprint density at radius 3 is 2.68 bits per heavy atom. The molecule has 1 aliphatic carbocycles. The normalized spacial score (nSPS) is 25.4. The predicted octanol–water partition coefficient (Wildman–Crippen LogP) is 1.11. The van der Waals surface area contributed by atoms with Crippen LogP contribution in [0, 0.1) is 5.92 Å². The minimum Gasteiger partial charge on any atom is -0.355 e. The van der Waals surface area contributed by atoms with Crippen LogP contribution in [-0.2, 0) is 24.2 Å². The summed E-state index contributed by atoms with van der Waals surface area (Å²) < 4.78 is 1.69. The monoisotopic (exact) mass is 344 g/mol. The molecule has 0 saturated carbocycles. The van der Waals surface area contributed by atoms with Crippen molar-refractivity contribution in [2.24, 2.45) is 5.92 Å². The van der Waals surface area contributed by atoms with Gasteiger partial charge in [-0.15, -0.1) is 0 Å². The van der Waals surface area contributed by atoms with Crippen molar-refractivity contribution in [1.29, 1.82) is 0 Å². The first-order valence-electron chi connectivity index (χ1n) is 9.82. The molecule has 0 aromatic carbocycles. The first-order valence-corrected chi connectivity index (χ1v) is 9.82. The lowest BCUT2D eigenvalue weighted by Crippen LogP contribution is -2.53. The van der Waals surface area contributed by atoms with Crippen LogP contribution in [0.3, 0.4) is 0 Å². The Hall–Kier alpha value is -1.69. The number of hydrogen-bond donors (Lipinski definition) is 1. The lowest BCUT2D eigenvalue weighted by Gasteiger charge is -2.38. The van der Waals surface area contributed by atoms with Gasteiger partial charge in [0.05, 0.1) is 11.7 Å². The van der Waals surface area contributed by atoms with Gasteiger partial charge >= 0.3 is 0 Å². The van der Waals surface area contributed by atoms with Gasteiger partial charge in [-0.05, 0) is 75.9 Å². The number of hydrogen-bond acceptors (Lipinski definition) is 4. The number of aromatic nitrogens is 2. The first kappa shape index (κ1) is 16.8. The first-order chi connectivity index (χ1) is 12.2.